The van der Waals surface area contributed by atoms with Crippen LogP contribution in [0.15, 0.2) is 79.4 Å². The number of halogens is 2. The van der Waals surface area contributed by atoms with Crippen LogP contribution in [0.5, 0.6) is 11.8 Å². The molecule has 0 saturated heterocycles. The molecule has 4 N–H and O–H groups in total. The highest BCUT2D eigenvalue weighted by atomic mass is 19.1. The number of amides is 2. The molecular formula is C26H20F2N6O3. The van der Waals surface area contributed by atoms with Crippen LogP contribution in [0.2, 0.25) is 0 Å². The molecule has 0 bridgehead atoms. The number of aromatic nitrogens is 3. The topological polar surface area (TPSA) is 132 Å². The van der Waals surface area contributed by atoms with Gasteiger partial charge in [0.25, 0.3) is 11.8 Å². The molecule has 0 atom stereocenters. The molecule has 2 amide bonds. The summed E-state index contributed by atoms with van der Waals surface area (Å²) in [4.78, 5) is 36.4. The fourth-order valence-electron chi connectivity index (χ4n) is 3.23. The van der Waals surface area contributed by atoms with Gasteiger partial charge in [0.1, 0.15) is 5.82 Å². The number of pyridine rings is 1. The largest absolute Gasteiger partial charge is 0.421 e. The van der Waals surface area contributed by atoms with Crippen molar-refractivity contribution in [1.82, 2.24) is 15.0 Å². The van der Waals surface area contributed by atoms with Gasteiger partial charge in [-0.1, -0.05) is 12.6 Å². The molecule has 37 heavy (non-hydrogen) atoms. The van der Waals surface area contributed by atoms with Gasteiger partial charge in [-0.3, -0.25) is 9.59 Å². The van der Waals surface area contributed by atoms with Crippen molar-refractivity contribution < 1.29 is 23.1 Å². The zero-order valence-electron chi connectivity index (χ0n) is 19.5. The van der Waals surface area contributed by atoms with Gasteiger partial charge >= 0.3 is 6.01 Å². The van der Waals surface area contributed by atoms with Crippen LogP contribution in [0.4, 0.5) is 26.0 Å². The van der Waals surface area contributed by atoms with Gasteiger partial charge in [0.15, 0.2) is 17.4 Å². The van der Waals surface area contributed by atoms with Crippen LogP contribution in [0.25, 0.3) is 11.1 Å². The number of carbonyl (C=O) groups excluding carboxylic acids is 2. The van der Waals surface area contributed by atoms with Gasteiger partial charge < -0.3 is 21.1 Å². The van der Waals surface area contributed by atoms with Crippen molar-refractivity contribution in [3.63, 3.8) is 0 Å². The highest BCUT2D eigenvalue weighted by molar-refractivity contribution is 6.07. The number of benzene rings is 2. The number of ether oxygens (including phenoxy) is 1. The standard InChI is InChI=1S/C26H20F2N6O3/c1-14-9-10-30-26(32-14)37-22-8-5-17(11-20(22)28)19-13-31-23(29)12-21(19)34-25(36)16-3-6-18(7-4-16)33-24(35)15(2)27/h3-13H,2H2,1H3,(H,33,35)(H3,29,31,34,36). The average Bonchev–Trinajstić information content (AvgIpc) is 2.86. The summed E-state index contributed by atoms with van der Waals surface area (Å²) >= 11 is 0. The number of hydrogen-bond acceptors (Lipinski definition) is 7. The summed E-state index contributed by atoms with van der Waals surface area (Å²) in [7, 11) is 0. The molecule has 2 heterocycles. The molecule has 4 aromatic rings. The Morgan fingerprint density at radius 2 is 1.78 bits per heavy atom. The van der Waals surface area contributed by atoms with Crippen molar-refractivity contribution >= 4 is 29.0 Å². The molecule has 0 spiro atoms. The molecule has 0 unspecified atom stereocenters. The van der Waals surface area contributed by atoms with Gasteiger partial charge in [0.2, 0.25) is 0 Å². The zero-order chi connectivity index (χ0) is 26.5. The Morgan fingerprint density at radius 3 is 2.46 bits per heavy atom. The zero-order valence-corrected chi connectivity index (χ0v) is 19.5. The maximum Gasteiger partial charge on any atom is 0.322 e. The van der Waals surface area contributed by atoms with E-state index in [1.54, 1.807) is 19.1 Å². The van der Waals surface area contributed by atoms with Crippen molar-refractivity contribution in [2.45, 2.75) is 6.92 Å². The van der Waals surface area contributed by atoms with Crippen LogP contribution in [0, 0.1) is 12.7 Å². The average molecular weight is 502 g/mol. The third-order valence-corrected chi connectivity index (χ3v) is 5.04. The first-order valence-corrected chi connectivity index (χ1v) is 10.8. The Morgan fingerprint density at radius 1 is 1.03 bits per heavy atom. The van der Waals surface area contributed by atoms with Gasteiger partial charge in [-0.2, -0.15) is 0 Å². The fraction of sp³-hybridized carbons (Fsp3) is 0.0385. The lowest BCUT2D eigenvalue weighted by Crippen LogP contribution is -2.14. The molecule has 0 aliphatic heterocycles. The quantitative estimate of drug-likeness (QED) is 0.302. The molecule has 9 nitrogen and oxygen atoms in total. The lowest BCUT2D eigenvalue weighted by Gasteiger charge is -2.13. The predicted molar refractivity (Wildman–Crippen MR) is 134 cm³/mol. The molecule has 0 saturated carbocycles. The number of nitrogen functional groups attached to an aromatic ring is 1. The number of nitrogens with two attached hydrogens (primary N) is 1. The first-order chi connectivity index (χ1) is 17.7. The monoisotopic (exact) mass is 502 g/mol. The highest BCUT2D eigenvalue weighted by Gasteiger charge is 2.15. The Balaban J connectivity index is 1.55. The second-order valence-corrected chi connectivity index (χ2v) is 7.77. The van der Waals surface area contributed by atoms with Crippen molar-refractivity contribution in [1.29, 1.82) is 0 Å². The third kappa shape index (κ3) is 6.09. The molecule has 0 radical (unpaired) electrons. The number of anilines is 3. The summed E-state index contributed by atoms with van der Waals surface area (Å²) in [5.41, 5.74) is 8.11. The molecule has 2 aromatic carbocycles. The van der Waals surface area contributed by atoms with E-state index in [0.717, 1.165) is 0 Å². The van der Waals surface area contributed by atoms with E-state index in [9.17, 15) is 18.4 Å². The Kier molecular flexibility index (Phi) is 7.14. The maximum atomic E-state index is 14.9. The van der Waals surface area contributed by atoms with Crippen LogP contribution in [0.1, 0.15) is 16.1 Å². The van der Waals surface area contributed by atoms with Gasteiger partial charge in [0, 0.05) is 41.0 Å². The van der Waals surface area contributed by atoms with Crippen LogP contribution >= 0.6 is 0 Å². The molecule has 0 aliphatic rings. The van der Waals surface area contributed by atoms with E-state index in [1.165, 1.54) is 54.9 Å². The molecule has 11 heteroatoms. The summed E-state index contributed by atoms with van der Waals surface area (Å²) in [6.45, 7) is 4.68. The van der Waals surface area contributed by atoms with Crippen molar-refractivity contribution in [2.75, 3.05) is 16.4 Å². The van der Waals surface area contributed by atoms with E-state index >= 15 is 0 Å². The number of aryl methyl sites for hydroxylation is 1. The molecular weight excluding hydrogens is 482 g/mol. The van der Waals surface area contributed by atoms with Crippen LogP contribution in [0.3, 0.4) is 0 Å². The Bertz CT molecular complexity index is 1510. The second kappa shape index (κ2) is 10.6. The van der Waals surface area contributed by atoms with E-state index in [-0.39, 0.29) is 28.8 Å². The second-order valence-electron chi connectivity index (χ2n) is 7.77. The molecule has 2 aromatic heterocycles. The number of hydrogen-bond donors (Lipinski definition) is 3. The van der Waals surface area contributed by atoms with Crippen molar-refractivity contribution in [3.8, 4) is 22.9 Å². The number of nitrogens with zero attached hydrogens (tertiary/aromatic N) is 3. The van der Waals surface area contributed by atoms with E-state index in [0.29, 0.717) is 22.5 Å². The fourth-order valence-corrected chi connectivity index (χ4v) is 3.23. The first-order valence-electron chi connectivity index (χ1n) is 10.8. The number of carbonyl (C=O) groups is 2. The van der Waals surface area contributed by atoms with Gasteiger partial charge in [-0.05, 0) is 55.0 Å². The molecule has 0 fully saturated rings. The summed E-state index contributed by atoms with van der Waals surface area (Å²) < 4.78 is 33.2. The lowest BCUT2D eigenvalue weighted by molar-refractivity contribution is -0.114. The number of nitrogens with one attached hydrogen (secondary N) is 2. The molecule has 186 valence electrons. The van der Waals surface area contributed by atoms with Crippen LogP contribution < -0.4 is 21.1 Å². The van der Waals surface area contributed by atoms with E-state index in [4.69, 9.17) is 10.5 Å². The SMILES string of the molecule is C=C(F)C(=O)Nc1ccc(C(=O)Nc2cc(N)ncc2-c2ccc(Oc3nccc(C)n3)c(F)c2)cc1. The van der Waals surface area contributed by atoms with Crippen molar-refractivity contribution in [2.24, 2.45) is 0 Å². The van der Waals surface area contributed by atoms with E-state index in [2.05, 4.69) is 32.2 Å². The van der Waals surface area contributed by atoms with Crippen LogP contribution in [-0.2, 0) is 4.79 Å². The highest BCUT2D eigenvalue weighted by Crippen LogP contribution is 2.33. The summed E-state index contributed by atoms with van der Waals surface area (Å²) in [5.74, 6) is -3.23. The van der Waals surface area contributed by atoms with Gasteiger partial charge in [0.05, 0.1) is 5.69 Å². The minimum absolute atomic E-state index is 0.00830. The maximum absolute atomic E-state index is 14.9. The Hall–Kier alpha value is -5.19. The minimum atomic E-state index is -1.14. The molecule has 4 rings (SSSR count). The smallest absolute Gasteiger partial charge is 0.322 e. The summed E-state index contributed by atoms with van der Waals surface area (Å²) in [6.07, 6.45) is 2.91. The Labute approximate surface area is 210 Å². The van der Waals surface area contributed by atoms with Gasteiger partial charge in [-0.15, -0.1) is 0 Å². The summed E-state index contributed by atoms with van der Waals surface area (Å²) in [5, 5.41) is 5.03. The van der Waals surface area contributed by atoms with Gasteiger partial charge in [-0.25, -0.2) is 23.7 Å². The summed E-state index contributed by atoms with van der Waals surface area (Å²) in [6, 6.07) is 13.1. The normalized spacial score (nSPS) is 10.5. The minimum Gasteiger partial charge on any atom is -0.421 e. The number of rotatable bonds is 7. The first kappa shape index (κ1) is 24.9. The van der Waals surface area contributed by atoms with Crippen molar-refractivity contribution in [3.05, 3.63) is 96.5 Å². The lowest BCUT2D eigenvalue weighted by atomic mass is 10.0. The van der Waals surface area contributed by atoms with Crippen LogP contribution in [-0.4, -0.2) is 26.8 Å². The van der Waals surface area contributed by atoms with E-state index < -0.39 is 23.5 Å². The van der Waals surface area contributed by atoms with E-state index in [1.807, 2.05) is 0 Å². The predicted octanol–water partition coefficient (Wildman–Crippen LogP) is 5.03. The third-order valence-electron chi connectivity index (χ3n) is 5.04. The molecule has 0 aliphatic carbocycles.